The molecule has 2 atom stereocenters. The first-order valence-corrected chi connectivity index (χ1v) is 7.66. The third-order valence-electron chi connectivity index (χ3n) is 4.50. The molecule has 6 nitrogen and oxygen atoms in total. The van der Waals surface area contributed by atoms with Crippen LogP contribution in [0.15, 0.2) is 42.7 Å². The molecule has 1 saturated heterocycles. The van der Waals surface area contributed by atoms with Crippen molar-refractivity contribution in [2.45, 2.75) is 25.0 Å². The predicted molar refractivity (Wildman–Crippen MR) is 85.8 cm³/mol. The fourth-order valence-electron chi connectivity index (χ4n) is 3.32. The molecule has 0 aliphatic carbocycles. The van der Waals surface area contributed by atoms with Crippen LogP contribution in [0.5, 0.6) is 0 Å². The van der Waals surface area contributed by atoms with E-state index in [0.29, 0.717) is 12.4 Å². The lowest BCUT2D eigenvalue weighted by Gasteiger charge is -2.14. The van der Waals surface area contributed by atoms with E-state index >= 15 is 0 Å². The first-order valence-electron chi connectivity index (χ1n) is 7.66. The summed E-state index contributed by atoms with van der Waals surface area (Å²) in [6.07, 6.45) is 2.32. The fraction of sp³-hybridized carbons (Fsp3) is 0.294. The first-order chi connectivity index (χ1) is 11.3. The maximum atomic E-state index is 9.51. The molecular weight excluding hydrogens is 292 g/mol. The molecule has 0 spiro atoms. The van der Waals surface area contributed by atoms with Crippen molar-refractivity contribution in [1.82, 2.24) is 14.6 Å². The van der Waals surface area contributed by atoms with Gasteiger partial charge in [0.2, 0.25) is 0 Å². The monoisotopic (exact) mass is 310 g/mol. The molecule has 1 unspecified atom stereocenters. The van der Waals surface area contributed by atoms with Gasteiger partial charge in [0.1, 0.15) is 11.8 Å². The summed E-state index contributed by atoms with van der Waals surface area (Å²) in [7, 11) is 0. The molecule has 3 aromatic rings. The Bertz CT molecular complexity index is 845. The van der Waals surface area contributed by atoms with Crippen LogP contribution in [0.4, 0.5) is 5.82 Å². The van der Waals surface area contributed by atoms with Crippen LogP contribution in [0.2, 0.25) is 0 Å². The number of rotatable bonds is 3. The number of aliphatic hydroxyl groups is 1. The van der Waals surface area contributed by atoms with Crippen LogP contribution >= 0.6 is 0 Å². The Morgan fingerprint density at radius 2 is 2.13 bits per heavy atom. The van der Waals surface area contributed by atoms with E-state index < -0.39 is 0 Å². The minimum atomic E-state index is -0.00640. The second-order valence-electron chi connectivity index (χ2n) is 5.81. The van der Waals surface area contributed by atoms with Crippen molar-refractivity contribution < 1.29 is 9.84 Å². The molecule has 118 valence electrons. The second kappa shape index (κ2) is 5.64. The number of nitrogens with two attached hydrogens (primary N) is 1. The molecule has 4 rings (SSSR count). The van der Waals surface area contributed by atoms with Crippen LogP contribution < -0.4 is 5.73 Å². The Labute approximate surface area is 133 Å². The summed E-state index contributed by atoms with van der Waals surface area (Å²) in [5.74, 6) is 0.718. The third-order valence-corrected chi connectivity index (χ3v) is 4.50. The number of nitrogen functional groups attached to an aromatic ring is 1. The van der Waals surface area contributed by atoms with Crippen molar-refractivity contribution >= 4 is 11.3 Å². The summed E-state index contributed by atoms with van der Waals surface area (Å²) in [6, 6.07) is 11.9. The van der Waals surface area contributed by atoms with Gasteiger partial charge < -0.3 is 15.6 Å². The molecule has 3 heterocycles. The van der Waals surface area contributed by atoms with E-state index in [1.807, 2.05) is 40.9 Å². The number of hydrogen-bond acceptors (Lipinski definition) is 5. The van der Waals surface area contributed by atoms with Crippen molar-refractivity contribution in [3.05, 3.63) is 59.5 Å². The Morgan fingerprint density at radius 3 is 3.00 bits per heavy atom. The summed E-state index contributed by atoms with van der Waals surface area (Å²) in [5, 5.41) is 13.8. The van der Waals surface area contributed by atoms with E-state index in [1.165, 1.54) is 6.33 Å². The minimum Gasteiger partial charge on any atom is -0.392 e. The molecular formula is C17H18N4O2. The van der Waals surface area contributed by atoms with Crippen molar-refractivity contribution in [2.75, 3.05) is 12.3 Å². The number of hydrogen-bond donors (Lipinski definition) is 2. The highest BCUT2D eigenvalue weighted by Gasteiger charge is 2.31. The molecule has 1 aliphatic heterocycles. The fourth-order valence-corrected chi connectivity index (χ4v) is 3.32. The summed E-state index contributed by atoms with van der Waals surface area (Å²) in [6.45, 7) is 0.652. The van der Waals surface area contributed by atoms with Gasteiger partial charge in [-0.15, -0.1) is 0 Å². The highest BCUT2D eigenvalue weighted by Crippen LogP contribution is 2.39. The van der Waals surface area contributed by atoms with Gasteiger partial charge in [-0.25, -0.2) is 9.50 Å². The first kappa shape index (κ1) is 14.2. The van der Waals surface area contributed by atoms with Crippen LogP contribution in [0, 0.1) is 0 Å². The SMILES string of the molecule is Nc1ncnn2c([C@@H]3COC(c4ccccc4CO)C3)ccc12. The lowest BCUT2D eigenvalue weighted by Crippen LogP contribution is -2.06. The molecule has 0 bridgehead atoms. The van der Waals surface area contributed by atoms with Gasteiger partial charge in [-0.05, 0) is 29.7 Å². The molecule has 3 N–H and O–H groups in total. The van der Waals surface area contributed by atoms with Crippen LogP contribution in [0.25, 0.3) is 5.52 Å². The summed E-state index contributed by atoms with van der Waals surface area (Å²) < 4.78 is 7.84. The quantitative estimate of drug-likeness (QED) is 0.773. The minimum absolute atomic E-state index is 0.00640. The van der Waals surface area contributed by atoms with E-state index in [4.69, 9.17) is 10.5 Å². The van der Waals surface area contributed by atoms with Crippen molar-refractivity contribution in [3.63, 3.8) is 0 Å². The molecule has 23 heavy (non-hydrogen) atoms. The molecule has 1 aromatic carbocycles. The van der Waals surface area contributed by atoms with Crippen molar-refractivity contribution in [1.29, 1.82) is 0 Å². The molecule has 1 fully saturated rings. The molecule has 2 aromatic heterocycles. The highest BCUT2D eigenvalue weighted by molar-refractivity contribution is 5.65. The zero-order valence-corrected chi connectivity index (χ0v) is 12.6. The van der Waals surface area contributed by atoms with Crippen LogP contribution in [-0.2, 0) is 11.3 Å². The zero-order valence-electron chi connectivity index (χ0n) is 12.6. The Morgan fingerprint density at radius 1 is 1.26 bits per heavy atom. The van der Waals surface area contributed by atoms with Crippen LogP contribution in [0.3, 0.4) is 0 Å². The predicted octanol–water partition coefficient (Wildman–Crippen LogP) is 2.05. The topological polar surface area (TPSA) is 85.7 Å². The van der Waals surface area contributed by atoms with Crippen molar-refractivity contribution in [2.24, 2.45) is 0 Å². The smallest absolute Gasteiger partial charge is 0.151 e. The number of anilines is 1. The number of ether oxygens (including phenoxy) is 1. The van der Waals surface area contributed by atoms with Gasteiger partial charge in [-0.2, -0.15) is 5.10 Å². The second-order valence-corrected chi connectivity index (χ2v) is 5.81. The zero-order chi connectivity index (χ0) is 15.8. The summed E-state index contributed by atoms with van der Waals surface area (Å²) in [5.41, 5.74) is 9.78. The van der Waals surface area contributed by atoms with E-state index in [2.05, 4.69) is 10.1 Å². The normalized spacial score (nSPS) is 21.1. The number of benzene rings is 1. The molecule has 0 radical (unpaired) electrons. The molecule has 6 heteroatoms. The lowest BCUT2D eigenvalue weighted by molar-refractivity contribution is 0.108. The summed E-state index contributed by atoms with van der Waals surface area (Å²) >= 11 is 0. The van der Waals surface area contributed by atoms with Gasteiger partial charge in [0.25, 0.3) is 0 Å². The van der Waals surface area contributed by atoms with Gasteiger partial charge in [-0.3, -0.25) is 0 Å². The maximum absolute atomic E-state index is 9.51. The molecule has 1 aliphatic rings. The third kappa shape index (κ3) is 2.36. The largest absolute Gasteiger partial charge is 0.392 e. The average molecular weight is 310 g/mol. The van der Waals surface area contributed by atoms with E-state index in [1.54, 1.807) is 0 Å². The van der Waals surface area contributed by atoms with E-state index in [-0.39, 0.29) is 18.6 Å². The van der Waals surface area contributed by atoms with Gasteiger partial charge in [0.15, 0.2) is 5.82 Å². The molecule has 0 saturated carbocycles. The summed E-state index contributed by atoms with van der Waals surface area (Å²) in [4.78, 5) is 4.02. The number of aromatic nitrogens is 3. The van der Waals surface area contributed by atoms with Gasteiger partial charge in [0, 0.05) is 11.6 Å². The van der Waals surface area contributed by atoms with Crippen molar-refractivity contribution in [3.8, 4) is 0 Å². The van der Waals surface area contributed by atoms with Gasteiger partial charge in [-0.1, -0.05) is 24.3 Å². The van der Waals surface area contributed by atoms with Gasteiger partial charge in [0.05, 0.1) is 19.3 Å². The number of aliphatic hydroxyl groups excluding tert-OH is 1. The standard InChI is InChI=1S/C17H18N4O2/c18-17-15-6-5-14(21(15)20-10-19-17)12-7-16(23-9-12)13-4-2-1-3-11(13)8-22/h1-6,10,12,16,22H,7-9H2,(H2,18,19,20)/t12-,16?/m0/s1. The molecule has 0 amide bonds. The Hall–Kier alpha value is -2.44. The van der Waals surface area contributed by atoms with E-state index in [9.17, 15) is 5.11 Å². The number of nitrogens with zero attached hydrogens (tertiary/aromatic N) is 3. The maximum Gasteiger partial charge on any atom is 0.151 e. The Kier molecular flexibility index (Phi) is 3.48. The van der Waals surface area contributed by atoms with Crippen LogP contribution in [0.1, 0.15) is 35.3 Å². The average Bonchev–Trinajstić information content (AvgIpc) is 3.22. The van der Waals surface area contributed by atoms with Gasteiger partial charge >= 0.3 is 0 Å². The Balaban J connectivity index is 1.64. The lowest BCUT2D eigenvalue weighted by atomic mass is 9.95. The highest BCUT2D eigenvalue weighted by atomic mass is 16.5. The van der Waals surface area contributed by atoms with Crippen LogP contribution in [-0.4, -0.2) is 26.3 Å². The van der Waals surface area contributed by atoms with E-state index in [0.717, 1.165) is 28.8 Å². The number of fused-ring (bicyclic) bond motifs is 1.